The molecule has 0 amide bonds. The van der Waals surface area contributed by atoms with Crippen LogP contribution in [-0.4, -0.2) is 6.61 Å². The molecule has 4 heteroatoms. The van der Waals surface area contributed by atoms with Crippen molar-refractivity contribution in [2.75, 3.05) is 6.61 Å². The molecular weight excluding hydrogens is 433 g/mol. The number of hydrogen-bond donors (Lipinski definition) is 0. The highest BCUT2D eigenvalue weighted by Crippen LogP contribution is 2.38. The van der Waals surface area contributed by atoms with Gasteiger partial charge in [0.25, 0.3) is 0 Å². The number of rotatable bonds is 7. The third-order valence-corrected chi connectivity index (χ3v) is 6.58. The minimum atomic E-state index is -0.822. The zero-order chi connectivity index (χ0) is 24.1. The van der Waals surface area contributed by atoms with Crippen LogP contribution in [0.3, 0.4) is 0 Å². The molecule has 0 aliphatic heterocycles. The summed E-state index contributed by atoms with van der Waals surface area (Å²) in [6.45, 7) is 5.80. The predicted molar refractivity (Wildman–Crippen MR) is 132 cm³/mol. The van der Waals surface area contributed by atoms with Gasteiger partial charge in [-0.3, -0.25) is 0 Å². The van der Waals surface area contributed by atoms with Crippen LogP contribution in [0.5, 0.6) is 5.75 Å². The van der Waals surface area contributed by atoms with E-state index in [9.17, 15) is 13.2 Å². The second kappa shape index (κ2) is 10.8. The molecule has 0 spiro atoms. The Hall–Kier alpha value is -3.27. The molecule has 0 aromatic heterocycles. The lowest BCUT2D eigenvalue weighted by Crippen LogP contribution is -2.12. The topological polar surface area (TPSA) is 9.23 Å². The Balaban J connectivity index is 1.38. The third kappa shape index (κ3) is 5.44. The minimum Gasteiger partial charge on any atom is -0.486 e. The highest BCUT2D eigenvalue weighted by Gasteiger charge is 2.22. The molecular formula is C30H29F3O. The van der Waals surface area contributed by atoms with Crippen molar-refractivity contribution in [1.29, 1.82) is 0 Å². The van der Waals surface area contributed by atoms with Gasteiger partial charge in [0.15, 0.2) is 23.2 Å². The molecule has 0 unspecified atom stereocenters. The lowest BCUT2D eigenvalue weighted by molar-refractivity contribution is 0.340. The number of benzene rings is 3. The van der Waals surface area contributed by atoms with Crippen molar-refractivity contribution in [1.82, 2.24) is 0 Å². The summed E-state index contributed by atoms with van der Waals surface area (Å²) < 4.78 is 49.1. The third-order valence-electron chi connectivity index (χ3n) is 6.58. The van der Waals surface area contributed by atoms with Crippen molar-refractivity contribution in [2.45, 2.75) is 38.5 Å². The number of hydrogen-bond acceptors (Lipinski definition) is 1. The van der Waals surface area contributed by atoms with Crippen LogP contribution >= 0.6 is 0 Å². The highest BCUT2D eigenvalue weighted by molar-refractivity contribution is 5.67. The molecule has 0 atom stereocenters. The first-order valence-electron chi connectivity index (χ1n) is 11.7. The Bertz CT molecular complexity index is 1170. The summed E-state index contributed by atoms with van der Waals surface area (Å²) in [5, 5.41) is 0. The van der Waals surface area contributed by atoms with E-state index in [4.69, 9.17) is 4.74 Å². The van der Waals surface area contributed by atoms with Crippen LogP contribution in [0, 0.1) is 30.3 Å². The Labute approximate surface area is 199 Å². The van der Waals surface area contributed by atoms with Gasteiger partial charge in [-0.25, -0.2) is 13.2 Å². The summed E-state index contributed by atoms with van der Waals surface area (Å²) in [4.78, 5) is 0. The zero-order valence-corrected chi connectivity index (χ0v) is 19.4. The van der Waals surface area contributed by atoms with Gasteiger partial charge < -0.3 is 4.74 Å². The van der Waals surface area contributed by atoms with Crippen LogP contribution in [0.1, 0.15) is 48.3 Å². The maximum absolute atomic E-state index is 14.7. The summed E-state index contributed by atoms with van der Waals surface area (Å²) >= 11 is 0. The molecule has 0 radical (unpaired) electrons. The van der Waals surface area contributed by atoms with Crippen LogP contribution in [0.25, 0.3) is 17.2 Å². The number of aryl methyl sites for hydroxylation is 1. The quantitative estimate of drug-likeness (QED) is 0.319. The molecule has 176 valence electrons. The Morgan fingerprint density at radius 3 is 2.32 bits per heavy atom. The fourth-order valence-corrected chi connectivity index (χ4v) is 4.57. The van der Waals surface area contributed by atoms with E-state index in [2.05, 4.69) is 6.58 Å². The second-order valence-electron chi connectivity index (χ2n) is 8.96. The van der Waals surface area contributed by atoms with E-state index in [1.807, 2.05) is 31.2 Å². The largest absolute Gasteiger partial charge is 0.486 e. The summed E-state index contributed by atoms with van der Waals surface area (Å²) in [7, 11) is 0. The van der Waals surface area contributed by atoms with Crippen LogP contribution in [-0.2, 0) is 0 Å². The van der Waals surface area contributed by atoms with Crippen LogP contribution in [0.15, 0.2) is 73.3 Å². The molecule has 0 bridgehead atoms. The van der Waals surface area contributed by atoms with Gasteiger partial charge >= 0.3 is 0 Å². The SMILES string of the molecule is C=CCOc1ccc(C2CCC(/C=C/c3ccc(-c4ccc(C)cc4)c(F)c3F)CC2)cc1F. The molecule has 0 heterocycles. The molecule has 1 aliphatic rings. The zero-order valence-electron chi connectivity index (χ0n) is 19.4. The lowest BCUT2D eigenvalue weighted by atomic mass is 9.78. The van der Waals surface area contributed by atoms with Gasteiger partial charge in [0.2, 0.25) is 0 Å². The molecule has 0 saturated heterocycles. The van der Waals surface area contributed by atoms with Gasteiger partial charge in [-0.15, -0.1) is 0 Å². The van der Waals surface area contributed by atoms with Crippen LogP contribution in [0.4, 0.5) is 13.2 Å². The van der Waals surface area contributed by atoms with Gasteiger partial charge in [-0.05, 0) is 67.7 Å². The molecule has 3 aromatic rings. The van der Waals surface area contributed by atoms with E-state index < -0.39 is 11.6 Å². The smallest absolute Gasteiger partial charge is 0.167 e. The Kier molecular flexibility index (Phi) is 7.56. The normalized spacial score (nSPS) is 18.2. The molecule has 3 aromatic carbocycles. The first-order chi connectivity index (χ1) is 16.5. The fraction of sp³-hybridized carbons (Fsp3) is 0.267. The molecule has 1 nitrogen and oxygen atoms in total. The van der Waals surface area contributed by atoms with Crippen molar-refractivity contribution in [3.63, 3.8) is 0 Å². The molecule has 1 saturated carbocycles. The molecule has 34 heavy (non-hydrogen) atoms. The first kappa shape index (κ1) is 23.9. The molecule has 0 N–H and O–H groups in total. The Morgan fingerprint density at radius 1 is 0.912 bits per heavy atom. The number of allylic oxidation sites excluding steroid dienone is 1. The Morgan fingerprint density at radius 2 is 1.65 bits per heavy atom. The van der Waals surface area contributed by atoms with E-state index in [1.165, 1.54) is 0 Å². The van der Waals surface area contributed by atoms with Gasteiger partial charge in [-0.1, -0.05) is 72.8 Å². The van der Waals surface area contributed by atoms with Crippen LogP contribution in [0.2, 0.25) is 0 Å². The van der Waals surface area contributed by atoms with Crippen molar-refractivity contribution in [3.05, 3.63) is 107 Å². The van der Waals surface area contributed by atoms with E-state index in [0.29, 0.717) is 5.56 Å². The van der Waals surface area contributed by atoms with Crippen molar-refractivity contribution >= 4 is 6.08 Å². The van der Waals surface area contributed by atoms with Crippen molar-refractivity contribution in [2.24, 2.45) is 5.92 Å². The molecule has 1 aliphatic carbocycles. The molecule has 4 rings (SSSR count). The van der Waals surface area contributed by atoms with Gasteiger partial charge in [-0.2, -0.15) is 0 Å². The summed E-state index contributed by atoms with van der Waals surface area (Å²) in [5.74, 6) is -1.18. The number of ether oxygens (including phenoxy) is 1. The second-order valence-corrected chi connectivity index (χ2v) is 8.96. The number of halogens is 3. The fourth-order valence-electron chi connectivity index (χ4n) is 4.57. The molecule has 1 fully saturated rings. The van der Waals surface area contributed by atoms with E-state index in [-0.39, 0.29) is 41.1 Å². The van der Waals surface area contributed by atoms with Crippen LogP contribution < -0.4 is 4.74 Å². The standard InChI is InChI=1S/C30H29F3O/c1-3-18-34-28-17-15-25(19-27(28)31)22-11-6-21(7-12-22)8-13-24-14-16-26(30(33)29(24)32)23-9-4-20(2)5-10-23/h3-5,8-10,13-17,19,21-22H,1,6-7,11-12,18H2,2H3/b13-8+. The van der Waals surface area contributed by atoms with Gasteiger partial charge in [0.05, 0.1) is 0 Å². The monoisotopic (exact) mass is 462 g/mol. The summed E-state index contributed by atoms with van der Waals surface area (Å²) in [6, 6.07) is 15.8. The minimum absolute atomic E-state index is 0.239. The summed E-state index contributed by atoms with van der Waals surface area (Å²) in [5.41, 5.74) is 3.23. The van der Waals surface area contributed by atoms with E-state index in [0.717, 1.165) is 36.8 Å². The lowest BCUT2D eigenvalue weighted by Gasteiger charge is -2.27. The highest BCUT2D eigenvalue weighted by atomic mass is 19.2. The summed E-state index contributed by atoms with van der Waals surface area (Å²) in [6.07, 6.45) is 8.93. The van der Waals surface area contributed by atoms with E-state index in [1.54, 1.807) is 48.6 Å². The average molecular weight is 463 g/mol. The van der Waals surface area contributed by atoms with Crippen molar-refractivity contribution in [3.8, 4) is 16.9 Å². The maximum atomic E-state index is 14.7. The first-order valence-corrected chi connectivity index (χ1v) is 11.7. The average Bonchev–Trinajstić information content (AvgIpc) is 2.85. The van der Waals surface area contributed by atoms with E-state index >= 15 is 0 Å². The predicted octanol–water partition coefficient (Wildman–Crippen LogP) is 8.63. The van der Waals surface area contributed by atoms with Crippen molar-refractivity contribution < 1.29 is 17.9 Å². The van der Waals surface area contributed by atoms with Gasteiger partial charge in [0, 0.05) is 11.1 Å². The van der Waals surface area contributed by atoms with Gasteiger partial charge in [0.1, 0.15) is 6.61 Å². The maximum Gasteiger partial charge on any atom is 0.167 e.